The summed E-state index contributed by atoms with van der Waals surface area (Å²) in [5.74, 6) is 0.811. The molecule has 0 saturated carbocycles. The summed E-state index contributed by atoms with van der Waals surface area (Å²) in [5.41, 5.74) is 2.03. The predicted molar refractivity (Wildman–Crippen MR) is 128 cm³/mol. The van der Waals surface area contributed by atoms with Gasteiger partial charge in [0.25, 0.3) is 0 Å². The van der Waals surface area contributed by atoms with Gasteiger partial charge in [-0.1, -0.05) is 36.4 Å². The molecule has 0 spiro atoms. The van der Waals surface area contributed by atoms with Crippen LogP contribution in [0.2, 0.25) is 0 Å². The van der Waals surface area contributed by atoms with Crippen LogP contribution in [0.5, 0.6) is 17.2 Å². The smallest absolute Gasteiger partial charge is 0.245 e. The molecule has 1 atom stereocenters. The van der Waals surface area contributed by atoms with Crippen LogP contribution in [0.1, 0.15) is 11.1 Å². The molecule has 4 rings (SSSR count). The second kappa shape index (κ2) is 10.1. The van der Waals surface area contributed by atoms with E-state index in [1.165, 1.54) is 13.2 Å². The Hall–Kier alpha value is -3.56. The van der Waals surface area contributed by atoms with Crippen LogP contribution < -0.4 is 24.2 Å². The Kier molecular flexibility index (Phi) is 7.04. The predicted octanol–water partition coefficient (Wildman–Crippen LogP) is 3.30. The summed E-state index contributed by atoms with van der Waals surface area (Å²) in [6.45, 7) is 2.66. The van der Waals surface area contributed by atoms with Crippen molar-refractivity contribution in [3.63, 3.8) is 0 Å². The van der Waals surface area contributed by atoms with E-state index in [1.54, 1.807) is 37.3 Å². The fourth-order valence-corrected chi connectivity index (χ4v) is 5.08. The van der Waals surface area contributed by atoms with Crippen molar-refractivity contribution in [2.75, 3.05) is 25.6 Å². The van der Waals surface area contributed by atoms with Crippen molar-refractivity contribution >= 4 is 21.6 Å². The molecule has 2 N–H and O–H groups in total. The second-order valence-electron chi connectivity index (χ2n) is 7.87. The van der Waals surface area contributed by atoms with Gasteiger partial charge in [-0.25, -0.2) is 8.42 Å². The van der Waals surface area contributed by atoms with E-state index in [0.29, 0.717) is 30.4 Å². The number of fused-ring (bicyclic) bond motifs is 1. The number of nitrogens with one attached hydrogen (secondary N) is 2. The van der Waals surface area contributed by atoms with E-state index in [0.717, 1.165) is 11.1 Å². The first-order chi connectivity index (χ1) is 16.4. The van der Waals surface area contributed by atoms with Gasteiger partial charge in [-0.15, -0.1) is 0 Å². The molecule has 0 fully saturated rings. The van der Waals surface area contributed by atoms with Gasteiger partial charge in [0.15, 0.2) is 11.5 Å². The van der Waals surface area contributed by atoms with Crippen molar-refractivity contribution in [2.45, 2.75) is 24.3 Å². The molecule has 0 saturated heterocycles. The van der Waals surface area contributed by atoms with E-state index in [4.69, 9.17) is 14.2 Å². The Labute approximate surface area is 198 Å². The summed E-state index contributed by atoms with van der Waals surface area (Å²) in [6, 6.07) is 18.0. The lowest BCUT2D eigenvalue weighted by Crippen LogP contribution is -2.45. The summed E-state index contributed by atoms with van der Waals surface area (Å²) >= 11 is 0. The zero-order valence-electron chi connectivity index (χ0n) is 18.9. The van der Waals surface area contributed by atoms with E-state index in [1.807, 2.05) is 30.3 Å². The molecule has 9 heteroatoms. The van der Waals surface area contributed by atoms with Gasteiger partial charge < -0.3 is 19.5 Å². The minimum Gasteiger partial charge on any atom is -0.495 e. The number of hydrogen-bond donors (Lipinski definition) is 2. The maximum absolute atomic E-state index is 13.3. The average molecular weight is 483 g/mol. The van der Waals surface area contributed by atoms with Crippen molar-refractivity contribution in [2.24, 2.45) is 0 Å². The lowest BCUT2D eigenvalue weighted by atomic mass is 10.1. The van der Waals surface area contributed by atoms with Gasteiger partial charge >= 0.3 is 0 Å². The fourth-order valence-electron chi connectivity index (χ4n) is 3.63. The molecule has 0 bridgehead atoms. The lowest BCUT2D eigenvalue weighted by molar-refractivity contribution is -0.117. The van der Waals surface area contributed by atoms with Crippen LogP contribution in [0.4, 0.5) is 5.69 Å². The van der Waals surface area contributed by atoms with E-state index >= 15 is 0 Å². The summed E-state index contributed by atoms with van der Waals surface area (Å²) in [7, 11) is -2.67. The molecule has 1 aliphatic rings. The summed E-state index contributed by atoms with van der Waals surface area (Å²) in [6.07, 6.45) is 0.157. The molecular formula is C25H26N2O6S. The molecule has 8 nitrogen and oxygen atoms in total. The highest BCUT2D eigenvalue weighted by molar-refractivity contribution is 7.89. The fraction of sp³-hybridized carbons (Fsp3) is 0.240. The number of benzene rings is 3. The van der Waals surface area contributed by atoms with Gasteiger partial charge in [0.2, 0.25) is 15.9 Å². The number of rotatable bonds is 8. The monoisotopic (exact) mass is 482 g/mol. The minimum atomic E-state index is -4.08. The van der Waals surface area contributed by atoms with Crippen LogP contribution in [0.15, 0.2) is 71.6 Å². The van der Waals surface area contributed by atoms with Crippen LogP contribution in [-0.2, 0) is 21.2 Å². The van der Waals surface area contributed by atoms with Gasteiger partial charge in [0.1, 0.15) is 29.9 Å². The van der Waals surface area contributed by atoms with Crippen LogP contribution in [0, 0.1) is 6.92 Å². The van der Waals surface area contributed by atoms with Gasteiger partial charge in [0.05, 0.1) is 7.11 Å². The molecule has 34 heavy (non-hydrogen) atoms. The highest BCUT2D eigenvalue weighted by Gasteiger charge is 2.29. The van der Waals surface area contributed by atoms with Crippen LogP contribution in [0.25, 0.3) is 0 Å². The third kappa shape index (κ3) is 5.49. The van der Waals surface area contributed by atoms with Crippen molar-refractivity contribution in [3.8, 4) is 17.2 Å². The van der Waals surface area contributed by atoms with Gasteiger partial charge in [-0.05, 0) is 48.7 Å². The Morgan fingerprint density at radius 1 is 1.00 bits per heavy atom. The summed E-state index contributed by atoms with van der Waals surface area (Å²) in [5, 5.41) is 2.79. The Morgan fingerprint density at radius 3 is 2.47 bits per heavy atom. The van der Waals surface area contributed by atoms with E-state index in [2.05, 4.69) is 10.0 Å². The molecule has 3 aromatic rings. The Bertz CT molecular complexity index is 1280. The maximum Gasteiger partial charge on any atom is 0.245 e. The molecular weight excluding hydrogens is 456 g/mol. The number of hydrogen-bond acceptors (Lipinski definition) is 6. The number of ether oxygens (including phenoxy) is 3. The Balaban J connectivity index is 1.61. The normalized spacial score (nSPS) is 13.7. The number of carbonyl (C=O) groups excluding carboxylic acids is 1. The van der Waals surface area contributed by atoms with Crippen molar-refractivity contribution in [1.29, 1.82) is 0 Å². The number of methoxy groups -OCH3 is 1. The average Bonchev–Trinajstić information content (AvgIpc) is 2.84. The lowest BCUT2D eigenvalue weighted by Gasteiger charge is -2.21. The number of amides is 1. The van der Waals surface area contributed by atoms with Crippen molar-refractivity contribution in [1.82, 2.24) is 4.72 Å². The van der Waals surface area contributed by atoms with Crippen molar-refractivity contribution in [3.05, 3.63) is 77.9 Å². The SMILES string of the molecule is COc1ccc(C)cc1S(=O)(=O)NC(Cc1ccccc1)C(=O)Nc1ccc2c(c1)OCCO2. The first-order valence-corrected chi connectivity index (χ1v) is 12.3. The first-order valence-electron chi connectivity index (χ1n) is 10.8. The number of carbonyl (C=O) groups is 1. The summed E-state index contributed by atoms with van der Waals surface area (Å²) in [4.78, 5) is 13.2. The highest BCUT2D eigenvalue weighted by atomic mass is 32.2. The third-order valence-electron chi connectivity index (χ3n) is 5.31. The minimum absolute atomic E-state index is 0.0276. The zero-order valence-corrected chi connectivity index (χ0v) is 19.7. The highest BCUT2D eigenvalue weighted by Crippen LogP contribution is 2.32. The zero-order chi connectivity index (χ0) is 24.1. The van der Waals surface area contributed by atoms with E-state index in [-0.39, 0.29) is 17.1 Å². The first kappa shape index (κ1) is 23.6. The standard InChI is InChI=1S/C25H26N2O6S/c1-17-8-10-22(31-2)24(14-17)34(29,30)27-20(15-18-6-4-3-5-7-18)25(28)26-19-9-11-21-23(16-19)33-13-12-32-21/h3-11,14,16,20,27H,12-13,15H2,1-2H3,(H,26,28). The topological polar surface area (TPSA) is 103 Å². The quantitative estimate of drug-likeness (QED) is 0.511. The molecule has 1 unspecified atom stereocenters. The molecule has 178 valence electrons. The number of sulfonamides is 1. The van der Waals surface area contributed by atoms with Gasteiger partial charge in [-0.2, -0.15) is 4.72 Å². The van der Waals surface area contributed by atoms with E-state index < -0.39 is 22.0 Å². The van der Waals surface area contributed by atoms with Gasteiger partial charge in [-0.3, -0.25) is 4.79 Å². The molecule has 0 radical (unpaired) electrons. The molecule has 0 aliphatic carbocycles. The number of aryl methyl sites for hydroxylation is 1. The molecule has 1 aliphatic heterocycles. The second-order valence-corrected chi connectivity index (χ2v) is 9.55. The molecule has 0 aromatic heterocycles. The molecule has 1 heterocycles. The largest absolute Gasteiger partial charge is 0.495 e. The third-order valence-corrected chi connectivity index (χ3v) is 6.81. The maximum atomic E-state index is 13.3. The molecule has 1 amide bonds. The van der Waals surface area contributed by atoms with E-state index in [9.17, 15) is 13.2 Å². The Morgan fingerprint density at radius 2 is 1.74 bits per heavy atom. The van der Waals surface area contributed by atoms with Crippen LogP contribution in [-0.4, -0.2) is 40.7 Å². The van der Waals surface area contributed by atoms with Crippen molar-refractivity contribution < 1.29 is 27.4 Å². The van der Waals surface area contributed by atoms with Gasteiger partial charge in [0, 0.05) is 11.8 Å². The summed E-state index contributed by atoms with van der Waals surface area (Å²) < 4.78 is 45.5. The van der Waals surface area contributed by atoms with Crippen LogP contribution >= 0.6 is 0 Å². The van der Waals surface area contributed by atoms with Crippen LogP contribution in [0.3, 0.4) is 0 Å². The number of anilines is 1. The molecule has 3 aromatic carbocycles.